The van der Waals surface area contributed by atoms with Gasteiger partial charge >= 0.3 is 0 Å². The van der Waals surface area contributed by atoms with Crippen molar-refractivity contribution in [2.75, 3.05) is 5.88 Å². The largest absolute Gasteiger partial charge is 0.245 e. The molecule has 13 heavy (non-hydrogen) atoms. The normalized spacial score (nSPS) is 10.2. The van der Waals surface area contributed by atoms with Gasteiger partial charge in [0.2, 0.25) is 0 Å². The molecule has 0 spiro atoms. The summed E-state index contributed by atoms with van der Waals surface area (Å²) in [6, 6.07) is 5.52. The molecule has 1 heterocycles. The fraction of sp³-hybridized carbons (Fsp3) is 0.200. The average Bonchev–Trinajstić information content (AvgIpc) is 2.19. The number of nitrogens with zero attached hydrogens (tertiary/aromatic N) is 2. The van der Waals surface area contributed by atoms with Gasteiger partial charge in [-0.1, -0.05) is 18.2 Å². The van der Waals surface area contributed by atoms with Gasteiger partial charge in [0.1, 0.15) is 11.8 Å². The number of hydrogen-bond acceptors (Lipinski definition) is 2. The van der Waals surface area contributed by atoms with Crippen LogP contribution in [0.25, 0.3) is 6.08 Å². The van der Waals surface area contributed by atoms with Crippen molar-refractivity contribution in [3.8, 4) is 6.07 Å². The molecule has 0 bridgehead atoms. The van der Waals surface area contributed by atoms with E-state index in [1.165, 1.54) is 0 Å². The molecule has 0 atom stereocenters. The van der Waals surface area contributed by atoms with Gasteiger partial charge in [-0.3, -0.25) is 0 Å². The Morgan fingerprint density at radius 3 is 2.92 bits per heavy atom. The Hall–Kier alpha value is -1.33. The highest BCUT2D eigenvalue weighted by Gasteiger charge is 1.89. The van der Waals surface area contributed by atoms with E-state index in [1.54, 1.807) is 12.3 Å². The predicted molar refractivity (Wildman–Crippen MR) is 53.3 cm³/mol. The Kier molecular flexibility index (Phi) is 4.01. The summed E-state index contributed by atoms with van der Waals surface area (Å²) < 4.78 is 0. The molecule has 0 aliphatic carbocycles. The first-order valence-corrected chi connectivity index (χ1v) is 4.49. The molecule has 0 saturated carbocycles. The van der Waals surface area contributed by atoms with E-state index in [2.05, 4.69) is 4.98 Å². The van der Waals surface area contributed by atoms with Crippen LogP contribution in [0.5, 0.6) is 0 Å². The third-order valence-corrected chi connectivity index (χ3v) is 1.71. The zero-order valence-corrected chi connectivity index (χ0v) is 7.83. The van der Waals surface area contributed by atoms with Gasteiger partial charge in [0, 0.05) is 12.1 Å². The van der Waals surface area contributed by atoms with E-state index < -0.39 is 0 Å². The molecule has 0 aliphatic heterocycles. The summed E-state index contributed by atoms with van der Waals surface area (Å²) in [6.45, 7) is 0. The van der Waals surface area contributed by atoms with Gasteiger partial charge in [0.05, 0.1) is 0 Å². The summed E-state index contributed by atoms with van der Waals surface area (Å²) >= 11 is 5.51. The second-order valence-corrected chi connectivity index (χ2v) is 2.85. The van der Waals surface area contributed by atoms with Crippen LogP contribution >= 0.6 is 11.6 Å². The second kappa shape index (κ2) is 5.34. The van der Waals surface area contributed by atoms with Crippen molar-refractivity contribution in [1.82, 2.24) is 4.98 Å². The van der Waals surface area contributed by atoms with E-state index in [0.717, 1.165) is 12.0 Å². The fourth-order valence-electron chi connectivity index (χ4n) is 0.852. The number of allylic oxidation sites excluding steroid dienone is 1. The SMILES string of the molecule is N#Cc1ccc(C=CCCCl)cn1. The number of pyridine rings is 1. The lowest BCUT2D eigenvalue weighted by Gasteiger charge is -1.91. The smallest absolute Gasteiger partial charge is 0.140 e. The van der Waals surface area contributed by atoms with Crippen LogP contribution in [0, 0.1) is 11.3 Å². The number of halogens is 1. The van der Waals surface area contributed by atoms with Crippen LogP contribution in [0.1, 0.15) is 17.7 Å². The molecule has 3 heteroatoms. The van der Waals surface area contributed by atoms with Crippen molar-refractivity contribution in [2.24, 2.45) is 0 Å². The van der Waals surface area contributed by atoms with E-state index in [4.69, 9.17) is 16.9 Å². The van der Waals surface area contributed by atoms with Crippen molar-refractivity contribution < 1.29 is 0 Å². The molecular weight excluding hydrogens is 184 g/mol. The molecule has 0 aliphatic rings. The molecule has 0 aromatic carbocycles. The maximum atomic E-state index is 8.49. The van der Waals surface area contributed by atoms with Crippen LogP contribution in [0.15, 0.2) is 24.4 Å². The first kappa shape index (κ1) is 9.76. The molecule has 1 rings (SSSR count). The maximum Gasteiger partial charge on any atom is 0.140 e. The molecule has 0 saturated heterocycles. The Morgan fingerprint density at radius 2 is 2.38 bits per heavy atom. The van der Waals surface area contributed by atoms with Crippen LogP contribution in [0.3, 0.4) is 0 Å². The molecule has 0 fully saturated rings. The second-order valence-electron chi connectivity index (χ2n) is 2.47. The lowest BCUT2D eigenvalue weighted by molar-refractivity contribution is 1.23. The minimum Gasteiger partial charge on any atom is -0.245 e. The standard InChI is InChI=1S/C10H9ClN2/c11-6-2-1-3-9-4-5-10(7-12)13-8-9/h1,3-5,8H,2,6H2. The number of rotatable bonds is 3. The van der Waals surface area contributed by atoms with Gasteiger partial charge in [0.25, 0.3) is 0 Å². The quantitative estimate of drug-likeness (QED) is 0.691. The summed E-state index contributed by atoms with van der Waals surface area (Å²) in [5.41, 5.74) is 1.43. The van der Waals surface area contributed by atoms with Crippen molar-refractivity contribution in [3.05, 3.63) is 35.7 Å². The summed E-state index contributed by atoms with van der Waals surface area (Å²) in [4.78, 5) is 3.93. The lowest BCUT2D eigenvalue weighted by Crippen LogP contribution is -1.81. The van der Waals surface area contributed by atoms with Gasteiger partial charge in [-0.15, -0.1) is 11.6 Å². The van der Waals surface area contributed by atoms with Gasteiger partial charge in [-0.2, -0.15) is 5.26 Å². The topological polar surface area (TPSA) is 36.7 Å². The molecule has 0 N–H and O–H groups in total. The summed E-state index contributed by atoms with van der Waals surface area (Å²) in [5, 5.41) is 8.49. The summed E-state index contributed by atoms with van der Waals surface area (Å²) in [5.74, 6) is 0.625. The number of alkyl halides is 1. The summed E-state index contributed by atoms with van der Waals surface area (Å²) in [7, 11) is 0. The Bertz CT molecular complexity index is 322. The highest BCUT2D eigenvalue weighted by molar-refractivity contribution is 6.17. The van der Waals surface area contributed by atoms with Crippen LogP contribution < -0.4 is 0 Å². The number of aromatic nitrogens is 1. The molecule has 2 nitrogen and oxygen atoms in total. The minimum absolute atomic E-state index is 0.439. The third-order valence-electron chi connectivity index (χ3n) is 1.49. The highest BCUT2D eigenvalue weighted by atomic mass is 35.5. The minimum atomic E-state index is 0.439. The molecule has 0 radical (unpaired) electrons. The fourth-order valence-corrected chi connectivity index (χ4v) is 0.978. The van der Waals surface area contributed by atoms with Gasteiger partial charge < -0.3 is 0 Å². The van der Waals surface area contributed by atoms with Crippen LogP contribution in [0.4, 0.5) is 0 Å². The van der Waals surface area contributed by atoms with Crippen molar-refractivity contribution in [1.29, 1.82) is 5.26 Å². The van der Waals surface area contributed by atoms with E-state index in [1.807, 2.05) is 24.3 Å². The van der Waals surface area contributed by atoms with Crippen LogP contribution in [0.2, 0.25) is 0 Å². The van der Waals surface area contributed by atoms with Crippen LogP contribution in [-0.2, 0) is 0 Å². The van der Waals surface area contributed by atoms with Crippen molar-refractivity contribution in [3.63, 3.8) is 0 Å². The summed E-state index contributed by atoms with van der Waals surface area (Å²) in [6.07, 6.45) is 6.44. The highest BCUT2D eigenvalue weighted by Crippen LogP contribution is 2.02. The third kappa shape index (κ3) is 3.27. The predicted octanol–water partition coefficient (Wildman–Crippen LogP) is 2.60. The zero-order chi connectivity index (χ0) is 9.52. The van der Waals surface area contributed by atoms with Crippen molar-refractivity contribution >= 4 is 17.7 Å². The van der Waals surface area contributed by atoms with Crippen molar-refractivity contribution in [2.45, 2.75) is 6.42 Å². The lowest BCUT2D eigenvalue weighted by atomic mass is 10.2. The zero-order valence-electron chi connectivity index (χ0n) is 7.07. The monoisotopic (exact) mass is 192 g/mol. The van der Waals surface area contributed by atoms with E-state index in [-0.39, 0.29) is 0 Å². The van der Waals surface area contributed by atoms with Crippen LogP contribution in [-0.4, -0.2) is 10.9 Å². The maximum absolute atomic E-state index is 8.49. The molecule has 66 valence electrons. The molecule has 0 unspecified atom stereocenters. The number of nitriles is 1. The molecule has 0 amide bonds. The number of hydrogen-bond donors (Lipinski definition) is 0. The Morgan fingerprint density at radius 1 is 1.54 bits per heavy atom. The van der Waals surface area contributed by atoms with Gasteiger partial charge in [-0.25, -0.2) is 4.98 Å². The van der Waals surface area contributed by atoms with E-state index in [9.17, 15) is 0 Å². The van der Waals surface area contributed by atoms with E-state index >= 15 is 0 Å². The molecule has 1 aromatic rings. The molecular formula is C10H9ClN2. The first-order valence-electron chi connectivity index (χ1n) is 3.95. The van der Waals surface area contributed by atoms with Gasteiger partial charge in [-0.05, 0) is 18.1 Å². The van der Waals surface area contributed by atoms with Gasteiger partial charge in [0.15, 0.2) is 0 Å². The van der Waals surface area contributed by atoms with E-state index in [0.29, 0.717) is 11.6 Å². The Balaban J connectivity index is 2.65. The average molecular weight is 193 g/mol. The Labute approximate surface area is 82.5 Å². The molecule has 1 aromatic heterocycles. The first-order chi connectivity index (χ1) is 6.36.